The highest BCUT2D eigenvalue weighted by molar-refractivity contribution is 14.1. The maximum atomic E-state index is 2.58. The third kappa shape index (κ3) is 6.56. The average Bonchev–Trinajstić information content (AvgIpc) is 2.89. The van der Waals surface area contributed by atoms with Crippen molar-refractivity contribution in [1.29, 1.82) is 0 Å². The summed E-state index contributed by atoms with van der Waals surface area (Å²) in [5.74, 6) is 0. The Morgan fingerprint density at radius 3 is 2.37 bits per heavy atom. The number of benzene rings is 1. The Balaban J connectivity index is 0.00000180. The zero-order chi connectivity index (χ0) is 12.8. The van der Waals surface area contributed by atoms with E-state index in [9.17, 15) is 0 Å². The molecule has 1 aliphatic heterocycles. The van der Waals surface area contributed by atoms with Gasteiger partial charge in [0, 0.05) is 23.2 Å². The van der Waals surface area contributed by atoms with Crippen molar-refractivity contribution < 1.29 is 0 Å². The van der Waals surface area contributed by atoms with Crippen LogP contribution in [0.15, 0.2) is 24.3 Å². The van der Waals surface area contributed by atoms with E-state index >= 15 is 0 Å². The number of rotatable bonds is 6. The van der Waals surface area contributed by atoms with Crippen LogP contribution in [0.3, 0.4) is 0 Å². The van der Waals surface area contributed by atoms with Gasteiger partial charge in [0.2, 0.25) is 0 Å². The van der Waals surface area contributed by atoms with Gasteiger partial charge in [0.15, 0.2) is 0 Å². The first kappa shape index (κ1) is 17.4. The second kappa shape index (κ2) is 9.32. The summed E-state index contributed by atoms with van der Waals surface area (Å²) in [7, 11) is 2.24. The van der Waals surface area contributed by atoms with Gasteiger partial charge in [0.25, 0.3) is 0 Å². The van der Waals surface area contributed by atoms with Crippen molar-refractivity contribution in [3.8, 4) is 0 Å². The molecule has 0 amide bonds. The second-order valence-corrected chi connectivity index (χ2v) is 6.47. The van der Waals surface area contributed by atoms with Gasteiger partial charge in [-0.3, -0.25) is 0 Å². The number of halogens is 2. The van der Waals surface area contributed by atoms with Gasteiger partial charge >= 0.3 is 0 Å². The highest BCUT2D eigenvalue weighted by Crippen LogP contribution is 2.08. The molecule has 0 N–H and O–H groups in total. The van der Waals surface area contributed by atoms with Crippen LogP contribution in [-0.4, -0.2) is 49.6 Å². The third-order valence-electron chi connectivity index (χ3n) is 3.69. The summed E-state index contributed by atoms with van der Waals surface area (Å²) in [6.07, 6.45) is 3.95. The summed E-state index contributed by atoms with van der Waals surface area (Å²) in [5.41, 5.74) is 1.45. The van der Waals surface area contributed by atoms with Crippen LogP contribution in [0.2, 0.25) is 0 Å². The van der Waals surface area contributed by atoms with Gasteiger partial charge in [-0.25, -0.2) is 0 Å². The average molecular weight is 439 g/mol. The van der Waals surface area contributed by atoms with Crippen LogP contribution in [-0.2, 0) is 6.42 Å². The van der Waals surface area contributed by atoms with E-state index in [2.05, 4.69) is 63.7 Å². The number of likely N-dealkylation sites (N-methyl/N-ethyl adjacent to an activating group) is 1. The maximum Gasteiger partial charge on any atom is 0.0130 e. The van der Waals surface area contributed by atoms with Gasteiger partial charge in [-0.1, -0.05) is 12.1 Å². The van der Waals surface area contributed by atoms with E-state index in [1.807, 2.05) is 0 Å². The molecule has 1 heterocycles. The topological polar surface area (TPSA) is 6.48 Å². The highest BCUT2D eigenvalue weighted by atomic mass is 127. The third-order valence-corrected chi connectivity index (χ3v) is 4.41. The number of nitrogens with zero attached hydrogens (tertiary/aromatic N) is 2. The van der Waals surface area contributed by atoms with Gasteiger partial charge in [0.05, 0.1) is 0 Å². The number of hydrogen-bond donors (Lipinski definition) is 0. The van der Waals surface area contributed by atoms with Crippen molar-refractivity contribution in [2.75, 3.05) is 39.8 Å². The maximum absolute atomic E-state index is 2.58. The van der Waals surface area contributed by atoms with Crippen molar-refractivity contribution in [3.63, 3.8) is 0 Å². The Morgan fingerprint density at radius 2 is 1.74 bits per heavy atom. The molecule has 0 bridgehead atoms. The van der Waals surface area contributed by atoms with Crippen LogP contribution in [0.1, 0.15) is 18.4 Å². The zero-order valence-corrected chi connectivity index (χ0v) is 15.5. The lowest BCUT2D eigenvalue weighted by molar-refractivity contribution is 0.259. The van der Waals surface area contributed by atoms with Crippen LogP contribution in [0.5, 0.6) is 0 Å². The summed E-state index contributed by atoms with van der Waals surface area (Å²) < 4.78 is 1.32. The van der Waals surface area contributed by atoms with Gasteiger partial charge < -0.3 is 9.80 Å². The molecule has 4 heteroatoms. The van der Waals surface area contributed by atoms with E-state index in [4.69, 9.17) is 0 Å². The van der Waals surface area contributed by atoms with Gasteiger partial charge in [0.1, 0.15) is 0 Å². The van der Waals surface area contributed by atoms with Crippen molar-refractivity contribution >= 4 is 39.6 Å². The Labute approximate surface area is 141 Å². The quantitative estimate of drug-likeness (QED) is 0.627. The SMILES string of the molecule is Br.CN(CCc1ccc(I)cc1)CCN1CCCC1. The Hall–Kier alpha value is 0.350. The Morgan fingerprint density at radius 1 is 1.11 bits per heavy atom. The molecule has 2 nitrogen and oxygen atoms in total. The molecule has 1 aliphatic rings. The molecule has 1 aromatic rings. The minimum atomic E-state index is 0. The molecule has 0 radical (unpaired) electrons. The van der Waals surface area contributed by atoms with Crippen LogP contribution < -0.4 is 0 Å². The van der Waals surface area contributed by atoms with Crippen LogP contribution in [0, 0.1) is 3.57 Å². The van der Waals surface area contributed by atoms with E-state index in [0.29, 0.717) is 0 Å². The molecule has 1 fully saturated rings. The van der Waals surface area contributed by atoms with Gasteiger partial charge in [-0.05, 0) is 79.7 Å². The first-order valence-electron chi connectivity index (χ1n) is 6.89. The molecule has 1 saturated heterocycles. The molecule has 0 unspecified atom stereocenters. The monoisotopic (exact) mass is 438 g/mol. The fraction of sp³-hybridized carbons (Fsp3) is 0.600. The van der Waals surface area contributed by atoms with Crippen LogP contribution >= 0.6 is 39.6 Å². The lowest BCUT2D eigenvalue weighted by Gasteiger charge is -2.21. The van der Waals surface area contributed by atoms with Gasteiger partial charge in [-0.15, -0.1) is 17.0 Å². The van der Waals surface area contributed by atoms with E-state index < -0.39 is 0 Å². The minimum absolute atomic E-state index is 0. The predicted molar refractivity (Wildman–Crippen MR) is 96.4 cm³/mol. The number of hydrogen-bond acceptors (Lipinski definition) is 2. The molecule has 0 spiro atoms. The van der Waals surface area contributed by atoms with E-state index in [-0.39, 0.29) is 17.0 Å². The van der Waals surface area contributed by atoms with Crippen molar-refractivity contribution in [2.24, 2.45) is 0 Å². The molecular weight excluding hydrogens is 415 g/mol. The summed E-state index contributed by atoms with van der Waals surface area (Å²) in [6, 6.07) is 8.88. The van der Waals surface area contributed by atoms with Crippen LogP contribution in [0.4, 0.5) is 0 Å². The lowest BCUT2D eigenvalue weighted by Crippen LogP contribution is -2.32. The van der Waals surface area contributed by atoms with E-state index in [1.165, 1.54) is 48.2 Å². The first-order chi connectivity index (χ1) is 8.74. The van der Waals surface area contributed by atoms with Crippen molar-refractivity contribution in [2.45, 2.75) is 19.3 Å². The van der Waals surface area contributed by atoms with E-state index in [0.717, 1.165) is 13.0 Å². The lowest BCUT2D eigenvalue weighted by atomic mass is 10.1. The molecule has 0 atom stereocenters. The summed E-state index contributed by atoms with van der Waals surface area (Å²) >= 11 is 2.36. The van der Waals surface area contributed by atoms with E-state index in [1.54, 1.807) is 0 Å². The second-order valence-electron chi connectivity index (χ2n) is 5.23. The molecular formula is C15H24BrIN2. The molecule has 0 saturated carbocycles. The standard InChI is InChI=1S/C15H23IN2.BrH/c1-17(12-13-18-9-2-3-10-18)11-8-14-4-6-15(16)7-5-14;/h4-7H,2-3,8-13H2,1H3;1H. The smallest absolute Gasteiger partial charge is 0.0130 e. The summed E-state index contributed by atoms with van der Waals surface area (Å²) in [4.78, 5) is 5.04. The molecule has 0 aromatic heterocycles. The van der Waals surface area contributed by atoms with Crippen LogP contribution in [0.25, 0.3) is 0 Å². The Kier molecular flexibility index (Phi) is 8.53. The molecule has 2 rings (SSSR count). The predicted octanol–water partition coefficient (Wildman–Crippen LogP) is 3.44. The zero-order valence-electron chi connectivity index (χ0n) is 11.6. The normalized spacial score (nSPS) is 15.7. The molecule has 0 aliphatic carbocycles. The largest absolute Gasteiger partial charge is 0.305 e. The van der Waals surface area contributed by atoms with Crippen molar-refractivity contribution in [3.05, 3.63) is 33.4 Å². The van der Waals surface area contributed by atoms with Gasteiger partial charge in [-0.2, -0.15) is 0 Å². The van der Waals surface area contributed by atoms with Crippen molar-refractivity contribution in [1.82, 2.24) is 9.80 Å². The fourth-order valence-corrected chi connectivity index (χ4v) is 2.76. The summed E-state index contributed by atoms with van der Waals surface area (Å²) in [6.45, 7) is 6.22. The minimum Gasteiger partial charge on any atom is -0.305 e. The Bertz CT molecular complexity index is 350. The summed E-state index contributed by atoms with van der Waals surface area (Å²) in [5, 5.41) is 0. The fourth-order valence-electron chi connectivity index (χ4n) is 2.40. The first-order valence-corrected chi connectivity index (χ1v) is 7.97. The molecule has 19 heavy (non-hydrogen) atoms. The highest BCUT2D eigenvalue weighted by Gasteiger charge is 2.11. The molecule has 1 aromatic carbocycles. The number of likely N-dealkylation sites (tertiary alicyclic amines) is 1. The molecule has 108 valence electrons.